The molecule has 0 radical (unpaired) electrons. The number of hydrogen-bond donors (Lipinski definition) is 0. The van der Waals surface area contributed by atoms with Crippen LogP contribution in [-0.4, -0.2) is 4.98 Å². The van der Waals surface area contributed by atoms with E-state index in [-0.39, 0.29) is 0 Å². The Morgan fingerprint density at radius 2 is 2.36 bits per heavy atom. The molecule has 0 aromatic carbocycles. The van der Waals surface area contributed by atoms with Gasteiger partial charge in [0.2, 0.25) is 0 Å². The van der Waals surface area contributed by atoms with Gasteiger partial charge in [0.05, 0.1) is 0 Å². The summed E-state index contributed by atoms with van der Waals surface area (Å²) in [6.07, 6.45) is 4.59. The number of hydrogen-bond acceptors (Lipinski definition) is 1. The standard InChI is InChI=1S/C9H10BrN/c1-2-3-9-5-4-8(6-10)7-11-9/h2,4-5,7H,1,3,6H2. The van der Waals surface area contributed by atoms with E-state index in [9.17, 15) is 0 Å². The molecular weight excluding hydrogens is 202 g/mol. The molecule has 1 aromatic rings. The summed E-state index contributed by atoms with van der Waals surface area (Å²) < 4.78 is 0. The Bertz CT molecular complexity index is 228. The summed E-state index contributed by atoms with van der Waals surface area (Å²) in [6, 6.07) is 4.10. The average molecular weight is 212 g/mol. The largest absolute Gasteiger partial charge is 0.261 e. The number of alkyl halides is 1. The van der Waals surface area contributed by atoms with Gasteiger partial charge in [-0.25, -0.2) is 0 Å². The van der Waals surface area contributed by atoms with Gasteiger partial charge in [0.25, 0.3) is 0 Å². The van der Waals surface area contributed by atoms with Crippen LogP contribution >= 0.6 is 15.9 Å². The lowest BCUT2D eigenvalue weighted by Crippen LogP contribution is -1.87. The predicted molar refractivity (Wildman–Crippen MR) is 50.8 cm³/mol. The van der Waals surface area contributed by atoms with Crippen molar-refractivity contribution in [3.05, 3.63) is 42.2 Å². The van der Waals surface area contributed by atoms with Crippen LogP contribution in [0, 0.1) is 0 Å². The summed E-state index contributed by atoms with van der Waals surface area (Å²) in [4.78, 5) is 4.24. The van der Waals surface area contributed by atoms with Gasteiger partial charge in [0, 0.05) is 23.6 Å². The van der Waals surface area contributed by atoms with E-state index in [0.717, 1.165) is 17.4 Å². The number of rotatable bonds is 3. The Balaban J connectivity index is 2.74. The molecule has 0 atom stereocenters. The average Bonchev–Trinajstić information content (AvgIpc) is 2.07. The molecule has 0 N–H and O–H groups in total. The van der Waals surface area contributed by atoms with Gasteiger partial charge < -0.3 is 0 Å². The Morgan fingerprint density at radius 1 is 1.55 bits per heavy atom. The van der Waals surface area contributed by atoms with Gasteiger partial charge in [-0.05, 0) is 11.6 Å². The Kier molecular flexibility index (Phi) is 3.30. The first-order valence-electron chi connectivity index (χ1n) is 3.47. The zero-order valence-corrected chi connectivity index (χ0v) is 7.84. The number of allylic oxidation sites excluding steroid dienone is 1. The van der Waals surface area contributed by atoms with Gasteiger partial charge in [-0.2, -0.15) is 0 Å². The van der Waals surface area contributed by atoms with Crippen molar-refractivity contribution in [2.45, 2.75) is 11.8 Å². The van der Waals surface area contributed by atoms with Crippen molar-refractivity contribution in [1.82, 2.24) is 4.98 Å². The lowest BCUT2D eigenvalue weighted by Gasteiger charge is -1.96. The number of nitrogens with zero attached hydrogens (tertiary/aromatic N) is 1. The monoisotopic (exact) mass is 211 g/mol. The maximum atomic E-state index is 4.24. The highest BCUT2D eigenvalue weighted by Crippen LogP contribution is 2.04. The minimum atomic E-state index is 0.850. The van der Waals surface area contributed by atoms with Crippen LogP contribution in [0.3, 0.4) is 0 Å². The van der Waals surface area contributed by atoms with Crippen molar-refractivity contribution < 1.29 is 0 Å². The molecule has 0 saturated carbocycles. The van der Waals surface area contributed by atoms with Gasteiger partial charge in [-0.1, -0.05) is 28.1 Å². The maximum Gasteiger partial charge on any atom is 0.0441 e. The quantitative estimate of drug-likeness (QED) is 0.554. The van der Waals surface area contributed by atoms with Crippen molar-refractivity contribution in [2.75, 3.05) is 0 Å². The fraction of sp³-hybridized carbons (Fsp3) is 0.222. The first-order valence-corrected chi connectivity index (χ1v) is 4.59. The minimum absolute atomic E-state index is 0.850. The third kappa shape index (κ3) is 2.46. The van der Waals surface area contributed by atoms with Gasteiger partial charge in [0.15, 0.2) is 0 Å². The number of pyridine rings is 1. The van der Waals surface area contributed by atoms with Crippen molar-refractivity contribution in [1.29, 1.82) is 0 Å². The van der Waals surface area contributed by atoms with E-state index in [4.69, 9.17) is 0 Å². The molecule has 0 unspecified atom stereocenters. The molecular formula is C9H10BrN. The van der Waals surface area contributed by atoms with Crippen LogP contribution in [0.15, 0.2) is 31.0 Å². The van der Waals surface area contributed by atoms with Crippen LogP contribution in [0.4, 0.5) is 0 Å². The highest BCUT2D eigenvalue weighted by molar-refractivity contribution is 9.08. The molecule has 58 valence electrons. The van der Waals surface area contributed by atoms with E-state index in [1.54, 1.807) is 0 Å². The molecule has 11 heavy (non-hydrogen) atoms. The fourth-order valence-corrected chi connectivity index (χ4v) is 1.13. The summed E-state index contributed by atoms with van der Waals surface area (Å²) in [5.41, 5.74) is 2.28. The molecule has 0 amide bonds. The SMILES string of the molecule is C=CCc1ccc(CBr)cn1. The van der Waals surface area contributed by atoms with E-state index in [1.807, 2.05) is 18.3 Å². The fourth-order valence-electron chi connectivity index (χ4n) is 0.803. The Hall–Kier alpha value is -0.630. The minimum Gasteiger partial charge on any atom is -0.261 e. The van der Waals surface area contributed by atoms with E-state index in [2.05, 4.69) is 33.6 Å². The molecule has 1 heterocycles. The number of halogens is 1. The van der Waals surface area contributed by atoms with Gasteiger partial charge in [-0.15, -0.1) is 6.58 Å². The van der Waals surface area contributed by atoms with Crippen LogP contribution < -0.4 is 0 Å². The molecule has 0 aliphatic rings. The summed E-state index contributed by atoms with van der Waals surface area (Å²) in [7, 11) is 0. The van der Waals surface area contributed by atoms with E-state index in [0.29, 0.717) is 0 Å². The van der Waals surface area contributed by atoms with Crippen molar-refractivity contribution in [3.63, 3.8) is 0 Å². The summed E-state index contributed by atoms with van der Waals surface area (Å²) in [5, 5.41) is 0.869. The third-order valence-electron chi connectivity index (χ3n) is 1.39. The summed E-state index contributed by atoms with van der Waals surface area (Å²) in [5.74, 6) is 0. The number of aromatic nitrogens is 1. The van der Waals surface area contributed by atoms with Gasteiger partial charge >= 0.3 is 0 Å². The van der Waals surface area contributed by atoms with Crippen molar-refractivity contribution in [2.24, 2.45) is 0 Å². The van der Waals surface area contributed by atoms with Crippen molar-refractivity contribution >= 4 is 15.9 Å². The Labute approximate surface area is 75.3 Å². The summed E-state index contributed by atoms with van der Waals surface area (Å²) >= 11 is 3.36. The molecule has 1 rings (SSSR count). The van der Waals surface area contributed by atoms with E-state index in [1.165, 1.54) is 5.56 Å². The molecule has 1 nitrogen and oxygen atoms in total. The molecule has 2 heteroatoms. The molecule has 0 aliphatic heterocycles. The second kappa shape index (κ2) is 4.29. The topological polar surface area (TPSA) is 12.9 Å². The second-order valence-corrected chi connectivity index (χ2v) is 2.84. The van der Waals surface area contributed by atoms with Crippen LogP contribution in [0.25, 0.3) is 0 Å². The first-order chi connectivity index (χ1) is 5.36. The van der Waals surface area contributed by atoms with Gasteiger partial charge in [0.1, 0.15) is 0 Å². The van der Waals surface area contributed by atoms with E-state index < -0.39 is 0 Å². The predicted octanol–water partition coefficient (Wildman–Crippen LogP) is 2.71. The highest BCUT2D eigenvalue weighted by atomic mass is 79.9. The molecule has 1 aromatic heterocycles. The Morgan fingerprint density at radius 3 is 2.82 bits per heavy atom. The maximum absolute atomic E-state index is 4.24. The van der Waals surface area contributed by atoms with E-state index >= 15 is 0 Å². The zero-order chi connectivity index (χ0) is 8.10. The second-order valence-electron chi connectivity index (χ2n) is 2.28. The van der Waals surface area contributed by atoms with Crippen LogP contribution in [0.5, 0.6) is 0 Å². The van der Waals surface area contributed by atoms with Crippen LogP contribution in [0.2, 0.25) is 0 Å². The zero-order valence-electron chi connectivity index (χ0n) is 6.26. The smallest absolute Gasteiger partial charge is 0.0441 e. The van der Waals surface area contributed by atoms with Crippen LogP contribution in [0.1, 0.15) is 11.3 Å². The highest BCUT2D eigenvalue weighted by Gasteiger charge is 1.91. The third-order valence-corrected chi connectivity index (χ3v) is 2.04. The molecule has 0 fully saturated rings. The lowest BCUT2D eigenvalue weighted by molar-refractivity contribution is 1.09. The molecule has 0 spiro atoms. The summed E-state index contributed by atoms with van der Waals surface area (Å²) in [6.45, 7) is 3.65. The molecule has 0 saturated heterocycles. The van der Waals surface area contributed by atoms with Crippen molar-refractivity contribution in [3.8, 4) is 0 Å². The normalized spacial score (nSPS) is 9.55. The first kappa shape index (κ1) is 8.47. The van der Waals surface area contributed by atoms with Gasteiger partial charge in [-0.3, -0.25) is 4.98 Å². The molecule has 0 bridgehead atoms. The van der Waals surface area contributed by atoms with Crippen LogP contribution in [-0.2, 0) is 11.8 Å². The lowest BCUT2D eigenvalue weighted by atomic mass is 10.2. The molecule has 0 aliphatic carbocycles.